The van der Waals surface area contributed by atoms with Gasteiger partial charge in [-0.05, 0) is 55.9 Å². The fourth-order valence-corrected chi connectivity index (χ4v) is 3.75. The SMILES string of the molecule is C=C(C)C1CC=C(C)/C(=N/NC(=O)c2ccc(CSc3nncn3C)cc2)C1. The first kappa shape index (κ1) is 20.1. The van der Waals surface area contributed by atoms with Crippen LogP contribution in [0.25, 0.3) is 0 Å². The molecule has 0 aliphatic heterocycles. The van der Waals surface area contributed by atoms with Crippen molar-refractivity contribution in [3.05, 3.63) is 65.5 Å². The van der Waals surface area contributed by atoms with E-state index in [9.17, 15) is 4.79 Å². The van der Waals surface area contributed by atoms with E-state index < -0.39 is 0 Å². The van der Waals surface area contributed by atoms with Crippen molar-refractivity contribution in [1.29, 1.82) is 0 Å². The first-order chi connectivity index (χ1) is 13.4. The van der Waals surface area contributed by atoms with Crippen LogP contribution in [0.5, 0.6) is 0 Å². The molecule has 1 atom stereocenters. The highest BCUT2D eigenvalue weighted by molar-refractivity contribution is 7.98. The van der Waals surface area contributed by atoms with Gasteiger partial charge >= 0.3 is 0 Å². The smallest absolute Gasteiger partial charge is 0.271 e. The van der Waals surface area contributed by atoms with E-state index in [4.69, 9.17) is 0 Å². The minimum absolute atomic E-state index is 0.203. The van der Waals surface area contributed by atoms with Crippen LogP contribution in [0.15, 0.2) is 64.7 Å². The molecule has 1 amide bonds. The number of nitrogens with one attached hydrogen (secondary N) is 1. The Labute approximate surface area is 169 Å². The molecule has 1 aromatic heterocycles. The number of allylic oxidation sites excluding steroid dienone is 3. The second-order valence-electron chi connectivity index (χ2n) is 7.08. The molecular formula is C21H25N5OS. The Kier molecular flexibility index (Phi) is 6.46. The molecule has 1 unspecified atom stereocenters. The van der Waals surface area contributed by atoms with Crippen molar-refractivity contribution < 1.29 is 4.79 Å². The van der Waals surface area contributed by atoms with Crippen LogP contribution in [0.3, 0.4) is 0 Å². The zero-order valence-corrected chi connectivity index (χ0v) is 17.3. The zero-order chi connectivity index (χ0) is 20.1. The van der Waals surface area contributed by atoms with Crippen molar-refractivity contribution in [2.45, 2.75) is 37.6 Å². The zero-order valence-electron chi connectivity index (χ0n) is 16.5. The summed E-state index contributed by atoms with van der Waals surface area (Å²) in [4.78, 5) is 12.4. The van der Waals surface area contributed by atoms with Crippen LogP contribution in [0.1, 0.15) is 42.6 Å². The minimum Gasteiger partial charge on any atom is -0.312 e. The molecule has 28 heavy (non-hydrogen) atoms. The lowest BCUT2D eigenvalue weighted by molar-refractivity contribution is 0.0954. The monoisotopic (exact) mass is 395 g/mol. The summed E-state index contributed by atoms with van der Waals surface area (Å²) < 4.78 is 1.88. The second kappa shape index (κ2) is 9.01. The first-order valence-electron chi connectivity index (χ1n) is 9.19. The normalized spacial score (nSPS) is 18.0. The number of rotatable bonds is 6. The standard InChI is InChI=1S/C21H25N5OS/c1-14(2)18-8-5-15(3)19(11-18)23-24-20(27)17-9-6-16(7-10-17)12-28-21-25-22-13-26(21)4/h5-7,9-10,13,18H,1,8,11-12H2,2-4H3,(H,24,27)/b23-19+. The molecule has 3 rings (SSSR count). The highest BCUT2D eigenvalue weighted by atomic mass is 32.2. The van der Waals surface area contributed by atoms with Crippen LogP contribution in [-0.2, 0) is 12.8 Å². The molecule has 0 saturated carbocycles. The highest BCUT2D eigenvalue weighted by Gasteiger charge is 2.19. The van der Waals surface area contributed by atoms with Gasteiger partial charge in [0.25, 0.3) is 5.91 Å². The van der Waals surface area contributed by atoms with Gasteiger partial charge in [-0.1, -0.05) is 42.1 Å². The molecular weight excluding hydrogens is 370 g/mol. The van der Waals surface area contributed by atoms with Gasteiger partial charge in [0, 0.05) is 18.4 Å². The molecule has 1 heterocycles. The minimum atomic E-state index is -0.203. The van der Waals surface area contributed by atoms with Crippen molar-refractivity contribution in [1.82, 2.24) is 20.2 Å². The van der Waals surface area contributed by atoms with E-state index in [0.29, 0.717) is 11.5 Å². The quantitative estimate of drug-likeness (QED) is 0.454. The maximum Gasteiger partial charge on any atom is 0.271 e. The van der Waals surface area contributed by atoms with Crippen molar-refractivity contribution in [2.75, 3.05) is 0 Å². The fraction of sp³-hybridized carbons (Fsp3) is 0.333. The molecule has 0 fully saturated rings. The number of thioether (sulfide) groups is 1. The summed E-state index contributed by atoms with van der Waals surface area (Å²) in [5.41, 5.74) is 7.59. The number of aromatic nitrogens is 3. The van der Waals surface area contributed by atoms with Gasteiger partial charge in [0.1, 0.15) is 6.33 Å². The van der Waals surface area contributed by atoms with Crippen LogP contribution < -0.4 is 5.43 Å². The molecule has 1 N–H and O–H groups in total. The summed E-state index contributed by atoms with van der Waals surface area (Å²) in [5.74, 6) is 0.957. The number of hydrazone groups is 1. The van der Waals surface area contributed by atoms with Gasteiger partial charge in [-0.25, -0.2) is 5.43 Å². The number of benzene rings is 1. The number of amides is 1. The largest absolute Gasteiger partial charge is 0.312 e. The molecule has 0 spiro atoms. The Bertz CT molecular complexity index is 927. The Morgan fingerprint density at radius 3 is 2.79 bits per heavy atom. The third kappa shape index (κ3) is 4.98. The molecule has 7 heteroatoms. The summed E-state index contributed by atoms with van der Waals surface area (Å²) in [6, 6.07) is 7.55. The second-order valence-corrected chi connectivity index (χ2v) is 8.02. The van der Waals surface area contributed by atoms with Crippen LogP contribution in [-0.4, -0.2) is 26.4 Å². The lowest BCUT2D eigenvalue weighted by Crippen LogP contribution is -2.23. The summed E-state index contributed by atoms with van der Waals surface area (Å²) in [5, 5.41) is 13.1. The van der Waals surface area contributed by atoms with E-state index in [-0.39, 0.29) is 5.91 Å². The Morgan fingerprint density at radius 1 is 1.39 bits per heavy atom. The van der Waals surface area contributed by atoms with Gasteiger partial charge < -0.3 is 4.57 Å². The van der Waals surface area contributed by atoms with E-state index in [2.05, 4.69) is 33.4 Å². The van der Waals surface area contributed by atoms with E-state index in [1.54, 1.807) is 18.1 Å². The molecule has 2 aromatic rings. The Balaban J connectivity index is 1.58. The maximum absolute atomic E-state index is 12.4. The van der Waals surface area contributed by atoms with Gasteiger partial charge in [-0.15, -0.1) is 10.2 Å². The predicted molar refractivity (Wildman–Crippen MR) is 113 cm³/mol. The highest BCUT2D eigenvalue weighted by Crippen LogP contribution is 2.26. The third-order valence-corrected chi connectivity index (χ3v) is 5.95. The van der Waals surface area contributed by atoms with Crippen LogP contribution in [0.4, 0.5) is 0 Å². The maximum atomic E-state index is 12.4. The molecule has 0 radical (unpaired) electrons. The molecule has 1 aromatic carbocycles. The van der Waals surface area contributed by atoms with Crippen molar-refractivity contribution in [3.8, 4) is 0 Å². The van der Waals surface area contributed by atoms with Gasteiger partial charge in [-0.3, -0.25) is 4.79 Å². The third-order valence-electron chi connectivity index (χ3n) is 4.85. The fourth-order valence-electron chi connectivity index (χ4n) is 2.91. The lowest BCUT2D eigenvalue weighted by atomic mass is 9.85. The average Bonchev–Trinajstić information content (AvgIpc) is 3.10. The topological polar surface area (TPSA) is 72.2 Å². The Morgan fingerprint density at radius 2 is 2.14 bits per heavy atom. The van der Waals surface area contributed by atoms with E-state index in [1.807, 2.05) is 49.7 Å². The number of carbonyl (C=O) groups is 1. The summed E-state index contributed by atoms with van der Waals surface area (Å²) in [7, 11) is 1.92. The summed E-state index contributed by atoms with van der Waals surface area (Å²) in [6.07, 6.45) is 5.65. The molecule has 0 saturated heterocycles. The molecule has 1 aliphatic carbocycles. The Hall–Kier alpha value is -2.67. The lowest BCUT2D eigenvalue weighted by Gasteiger charge is -2.22. The number of hydrogen-bond acceptors (Lipinski definition) is 5. The van der Waals surface area contributed by atoms with Crippen molar-refractivity contribution in [3.63, 3.8) is 0 Å². The van der Waals surface area contributed by atoms with E-state index in [1.165, 1.54) is 0 Å². The summed E-state index contributed by atoms with van der Waals surface area (Å²) >= 11 is 1.61. The van der Waals surface area contributed by atoms with Crippen LogP contribution in [0.2, 0.25) is 0 Å². The van der Waals surface area contributed by atoms with Crippen LogP contribution >= 0.6 is 11.8 Å². The first-order valence-corrected chi connectivity index (χ1v) is 10.2. The average molecular weight is 396 g/mol. The number of aryl methyl sites for hydroxylation is 1. The van der Waals surface area contributed by atoms with E-state index >= 15 is 0 Å². The van der Waals surface area contributed by atoms with E-state index in [0.717, 1.165) is 46.2 Å². The van der Waals surface area contributed by atoms with Crippen LogP contribution in [0, 0.1) is 5.92 Å². The van der Waals surface area contributed by atoms with Crippen molar-refractivity contribution >= 4 is 23.4 Å². The molecule has 6 nitrogen and oxygen atoms in total. The van der Waals surface area contributed by atoms with Gasteiger partial charge in [0.05, 0.1) is 5.71 Å². The summed E-state index contributed by atoms with van der Waals surface area (Å²) in [6.45, 7) is 8.12. The van der Waals surface area contributed by atoms with Crippen molar-refractivity contribution in [2.24, 2.45) is 18.1 Å². The molecule has 0 bridgehead atoms. The molecule has 146 valence electrons. The van der Waals surface area contributed by atoms with Gasteiger partial charge in [0.15, 0.2) is 5.16 Å². The number of hydrogen-bond donors (Lipinski definition) is 1. The predicted octanol–water partition coefficient (Wildman–Crippen LogP) is 4.13. The number of nitrogens with zero attached hydrogens (tertiary/aromatic N) is 4. The number of carbonyl (C=O) groups excluding carboxylic acids is 1. The van der Waals surface area contributed by atoms with Gasteiger partial charge in [-0.2, -0.15) is 5.10 Å². The molecule has 1 aliphatic rings. The van der Waals surface area contributed by atoms with Gasteiger partial charge in [0.2, 0.25) is 0 Å².